The summed E-state index contributed by atoms with van der Waals surface area (Å²) in [6.07, 6.45) is 2.52. The summed E-state index contributed by atoms with van der Waals surface area (Å²) in [5, 5.41) is 8.92. The standard InChI is InChI=1S/C23H25N5O3S/c1-13-7-20(27(4)26-13)23(31)28-6-5-18-17(11-28)9-24-14(2)19(18)10-25-22(30)16-8-21(15(3)29)32-12-16/h7-9,12H,5-6,10-11H2,1-4H3,(H,25,30). The number of thiophene rings is 1. The molecule has 0 aromatic carbocycles. The van der Waals surface area contributed by atoms with E-state index in [1.54, 1.807) is 29.2 Å². The second kappa shape index (κ2) is 8.66. The van der Waals surface area contributed by atoms with Crippen LogP contribution in [0.25, 0.3) is 0 Å². The van der Waals surface area contributed by atoms with E-state index in [0.717, 1.165) is 28.1 Å². The number of aryl methyl sites for hydroxylation is 3. The molecule has 1 aliphatic heterocycles. The highest BCUT2D eigenvalue weighted by Gasteiger charge is 2.26. The number of nitrogens with zero attached hydrogens (tertiary/aromatic N) is 4. The van der Waals surface area contributed by atoms with Gasteiger partial charge in [0.1, 0.15) is 5.69 Å². The first-order chi connectivity index (χ1) is 15.2. The summed E-state index contributed by atoms with van der Waals surface area (Å²) in [6.45, 7) is 6.69. The molecular formula is C23H25N5O3S. The van der Waals surface area contributed by atoms with Crippen molar-refractivity contribution in [1.29, 1.82) is 0 Å². The lowest BCUT2D eigenvalue weighted by molar-refractivity contribution is 0.0722. The minimum Gasteiger partial charge on any atom is -0.348 e. The van der Waals surface area contributed by atoms with Gasteiger partial charge in [0.05, 0.1) is 16.1 Å². The molecule has 3 aromatic rings. The van der Waals surface area contributed by atoms with Crippen LogP contribution < -0.4 is 5.32 Å². The quantitative estimate of drug-likeness (QED) is 0.602. The fraction of sp³-hybridized carbons (Fsp3) is 0.348. The molecule has 3 aromatic heterocycles. The molecule has 0 saturated carbocycles. The molecule has 0 fully saturated rings. The summed E-state index contributed by atoms with van der Waals surface area (Å²) < 4.78 is 1.61. The van der Waals surface area contributed by atoms with Gasteiger partial charge in [-0.2, -0.15) is 5.10 Å². The molecule has 166 valence electrons. The maximum absolute atomic E-state index is 13.0. The average Bonchev–Trinajstić information content (AvgIpc) is 3.38. The van der Waals surface area contributed by atoms with E-state index in [1.165, 1.54) is 18.3 Å². The topological polar surface area (TPSA) is 97.2 Å². The van der Waals surface area contributed by atoms with Crippen LogP contribution in [0.15, 0.2) is 23.7 Å². The number of rotatable bonds is 5. The van der Waals surface area contributed by atoms with Gasteiger partial charge >= 0.3 is 0 Å². The maximum atomic E-state index is 13.0. The third-order valence-electron chi connectivity index (χ3n) is 5.74. The number of hydrogen-bond donors (Lipinski definition) is 1. The van der Waals surface area contributed by atoms with Crippen molar-refractivity contribution in [3.8, 4) is 0 Å². The Labute approximate surface area is 190 Å². The van der Waals surface area contributed by atoms with Gasteiger partial charge in [0.15, 0.2) is 5.78 Å². The van der Waals surface area contributed by atoms with E-state index in [2.05, 4.69) is 15.4 Å². The zero-order valence-corrected chi connectivity index (χ0v) is 19.4. The van der Waals surface area contributed by atoms with Crippen molar-refractivity contribution in [2.75, 3.05) is 6.54 Å². The van der Waals surface area contributed by atoms with Gasteiger partial charge in [-0.1, -0.05) is 0 Å². The second-order valence-electron chi connectivity index (χ2n) is 8.04. The number of fused-ring (bicyclic) bond motifs is 1. The third kappa shape index (κ3) is 4.20. The van der Waals surface area contributed by atoms with Crippen molar-refractivity contribution in [1.82, 2.24) is 25.0 Å². The SMILES string of the molecule is CC(=O)c1cc(C(=O)NCc2c(C)ncc3c2CCN(C(=O)c2cc(C)nn2C)C3)cs1. The Kier molecular flexibility index (Phi) is 5.92. The van der Waals surface area contributed by atoms with E-state index in [-0.39, 0.29) is 17.6 Å². The van der Waals surface area contributed by atoms with Crippen LogP contribution in [0.1, 0.15) is 65.5 Å². The predicted octanol–water partition coefficient (Wildman–Crippen LogP) is 2.82. The van der Waals surface area contributed by atoms with E-state index in [0.29, 0.717) is 42.2 Å². The van der Waals surface area contributed by atoms with Gasteiger partial charge in [-0.05, 0) is 56.0 Å². The Bertz CT molecular complexity index is 1230. The highest BCUT2D eigenvalue weighted by atomic mass is 32.1. The maximum Gasteiger partial charge on any atom is 0.272 e. The fourth-order valence-electron chi connectivity index (χ4n) is 4.01. The number of aromatic nitrogens is 3. The normalized spacial score (nSPS) is 13.1. The molecule has 0 spiro atoms. The van der Waals surface area contributed by atoms with Gasteiger partial charge in [-0.25, -0.2) is 0 Å². The molecule has 0 bridgehead atoms. The Morgan fingerprint density at radius 2 is 2.00 bits per heavy atom. The first-order valence-corrected chi connectivity index (χ1v) is 11.3. The van der Waals surface area contributed by atoms with Crippen LogP contribution in [0.3, 0.4) is 0 Å². The van der Waals surface area contributed by atoms with Crippen LogP contribution in [-0.2, 0) is 26.6 Å². The zero-order valence-electron chi connectivity index (χ0n) is 18.6. The van der Waals surface area contributed by atoms with E-state index >= 15 is 0 Å². The van der Waals surface area contributed by atoms with Gasteiger partial charge in [0.2, 0.25) is 0 Å². The Morgan fingerprint density at radius 3 is 2.66 bits per heavy atom. The molecule has 0 unspecified atom stereocenters. The second-order valence-corrected chi connectivity index (χ2v) is 8.95. The lowest BCUT2D eigenvalue weighted by Gasteiger charge is -2.30. The molecule has 4 rings (SSSR count). The summed E-state index contributed by atoms with van der Waals surface area (Å²) in [6, 6.07) is 3.42. The first kappa shape index (κ1) is 21.9. The van der Waals surface area contributed by atoms with E-state index < -0.39 is 0 Å². The van der Waals surface area contributed by atoms with E-state index in [4.69, 9.17) is 0 Å². The van der Waals surface area contributed by atoms with Crippen LogP contribution in [0.4, 0.5) is 0 Å². The molecule has 0 atom stereocenters. The van der Waals surface area contributed by atoms with Crippen LogP contribution in [0.2, 0.25) is 0 Å². The van der Waals surface area contributed by atoms with E-state index in [1.807, 2.05) is 24.9 Å². The largest absolute Gasteiger partial charge is 0.348 e. The third-order valence-corrected chi connectivity index (χ3v) is 6.77. The predicted molar refractivity (Wildman–Crippen MR) is 121 cm³/mol. The van der Waals surface area contributed by atoms with Crippen molar-refractivity contribution in [3.05, 3.63) is 67.9 Å². The number of nitrogens with one attached hydrogen (secondary N) is 1. The van der Waals surface area contributed by atoms with Crippen molar-refractivity contribution < 1.29 is 14.4 Å². The molecule has 32 heavy (non-hydrogen) atoms. The van der Waals surface area contributed by atoms with Crippen LogP contribution in [0.5, 0.6) is 0 Å². The molecule has 2 amide bonds. The number of pyridine rings is 1. The fourth-order valence-corrected chi connectivity index (χ4v) is 4.80. The molecule has 1 aliphatic rings. The molecule has 9 heteroatoms. The number of Topliss-reactive ketones (excluding diaryl/α,β-unsaturated/α-hetero) is 1. The molecule has 0 aliphatic carbocycles. The van der Waals surface area contributed by atoms with Crippen molar-refractivity contribution in [2.45, 2.75) is 40.3 Å². The van der Waals surface area contributed by atoms with Crippen molar-refractivity contribution >= 4 is 28.9 Å². The number of hydrogen-bond acceptors (Lipinski definition) is 6. The lowest BCUT2D eigenvalue weighted by atomic mass is 9.94. The van der Waals surface area contributed by atoms with Crippen molar-refractivity contribution in [2.24, 2.45) is 7.05 Å². The molecule has 4 heterocycles. The van der Waals surface area contributed by atoms with Gasteiger partial charge in [-0.3, -0.25) is 24.0 Å². The number of carbonyl (C=O) groups is 3. The minimum absolute atomic E-state index is 0.0482. The van der Waals surface area contributed by atoms with Gasteiger partial charge in [0.25, 0.3) is 11.8 Å². The number of amides is 2. The highest BCUT2D eigenvalue weighted by molar-refractivity contribution is 7.12. The average molecular weight is 452 g/mol. The molecule has 0 saturated heterocycles. The Balaban J connectivity index is 1.49. The summed E-state index contributed by atoms with van der Waals surface area (Å²) >= 11 is 1.27. The molecule has 0 radical (unpaired) electrons. The Hall–Kier alpha value is -3.33. The van der Waals surface area contributed by atoms with Crippen LogP contribution in [-0.4, -0.2) is 43.8 Å². The summed E-state index contributed by atoms with van der Waals surface area (Å²) in [5.41, 5.74) is 5.84. The van der Waals surface area contributed by atoms with E-state index in [9.17, 15) is 14.4 Å². The summed E-state index contributed by atoms with van der Waals surface area (Å²) in [7, 11) is 1.77. The molecule has 8 nitrogen and oxygen atoms in total. The monoisotopic (exact) mass is 451 g/mol. The molecular weight excluding hydrogens is 426 g/mol. The minimum atomic E-state index is -0.218. The van der Waals surface area contributed by atoms with Crippen molar-refractivity contribution in [3.63, 3.8) is 0 Å². The number of carbonyl (C=O) groups excluding carboxylic acids is 3. The van der Waals surface area contributed by atoms with Crippen LogP contribution in [0, 0.1) is 13.8 Å². The summed E-state index contributed by atoms with van der Waals surface area (Å²) in [5.74, 6) is -0.315. The van der Waals surface area contributed by atoms with Gasteiger partial charge in [-0.15, -0.1) is 11.3 Å². The zero-order chi connectivity index (χ0) is 23.0. The Morgan fingerprint density at radius 1 is 1.22 bits per heavy atom. The van der Waals surface area contributed by atoms with Gasteiger partial charge < -0.3 is 10.2 Å². The summed E-state index contributed by atoms with van der Waals surface area (Å²) in [4.78, 5) is 43.9. The molecule has 1 N–H and O–H groups in total. The number of ketones is 1. The van der Waals surface area contributed by atoms with Crippen LogP contribution >= 0.6 is 11.3 Å². The lowest BCUT2D eigenvalue weighted by Crippen LogP contribution is -2.38. The highest BCUT2D eigenvalue weighted by Crippen LogP contribution is 2.25. The first-order valence-electron chi connectivity index (χ1n) is 10.4. The van der Waals surface area contributed by atoms with Gasteiger partial charge in [0, 0.05) is 44.0 Å². The smallest absolute Gasteiger partial charge is 0.272 e.